The van der Waals surface area contributed by atoms with Gasteiger partial charge in [0.25, 0.3) is 0 Å². The first-order chi connectivity index (χ1) is 18.9. The van der Waals surface area contributed by atoms with Crippen molar-refractivity contribution in [1.29, 1.82) is 0 Å². The summed E-state index contributed by atoms with van der Waals surface area (Å²) in [6.07, 6.45) is 8.74. The quantitative estimate of drug-likeness (QED) is 0.311. The normalized spacial score (nSPS) is 14.2. The van der Waals surface area contributed by atoms with Gasteiger partial charge in [0.15, 0.2) is 0 Å². The molecule has 0 atom stereocenters. The standard InChI is InChI=1S/C29H37N9O/c1-21-5-10-26(37-39)29(34-17-21)20-33-13-16-38(14-11-31-18-27-22(2)6-7-23(3)35-27)15-12-32-19-28-25(30)9-8-24(4)36-28/h5-10,18-20H,11-17,30H2,1-4H3/b31-18+,32-19+,33-20+. The van der Waals surface area contributed by atoms with E-state index in [4.69, 9.17) is 5.73 Å². The first kappa shape index (κ1) is 29.4. The zero-order valence-corrected chi connectivity index (χ0v) is 23.2. The molecule has 2 aromatic rings. The summed E-state index contributed by atoms with van der Waals surface area (Å²) in [6, 6.07) is 7.77. The Morgan fingerprint density at radius 2 is 1.41 bits per heavy atom. The third-order valence-electron chi connectivity index (χ3n) is 6.03. The van der Waals surface area contributed by atoms with Gasteiger partial charge >= 0.3 is 0 Å². The second-order valence-corrected chi connectivity index (χ2v) is 9.39. The van der Waals surface area contributed by atoms with Crippen LogP contribution in [-0.4, -0.2) is 85.0 Å². The van der Waals surface area contributed by atoms with E-state index in [1.54, 1.807) is 18.5 Å². The minimum atomic E-state index is 0.292. The lowest BCUT2D eigenvalue weighted by Crippen LogP contribution is -2.31. The molecule has 10 nitrogen and oxygen atoms in total. The number of aryl methyl sites for hydroxylation is 3. The van der Waals surface area contributed by atoms with Crippen molar-refractivity contribution in [2.24, 2.45) is 25.1 Å². The molecule has 0 saturated heterocycles. The fourth-order valence-corrected chi connectivity index (χ4v) is 3.69. The van der Waals surface area contributed by atoms with Crippen molar-refractivity contribution >= 4 is 30.0 Å². The van der Waals surface area contributed by atoms with Gasteiger partial charge in [0.2, 0.25) is 0 Å². The summed E-state index contributed by atoms with van der Waals surface area (Å²) in [4.78, 5) is 40.6. The topological polar surface area (TPSA) is 134 Å². The predicted octanol–water partition coefficient (Wildman–Crippen LogP) is 3.95. The second-order valence-electron chi connectivity index (χ2n) is 9.39. The maximum atomic E-state index is 11.2. The highest BCUT2D eigenvalue weighted by Crippen LogP contribution is 2.09. The number of nitrogen functional groups attached to an aromatic ring is 1. The molecule has 1 aliphatic rings. The van der Waals surface area contributed by atoms with E-state index in [1.165, 1.54) is 0 Å². The number of hydrogen-bond donors (Lipinski definition) is 1. The van der Waals surface area contributed by atoms with Crippen LogP contribution in [0.1, 0.15) is 35.3 Å². The average Bonchev–Trinajstić information content (AvgIpc) is 3.10. The van der Waals surface area contributed by atoms with Crippen LogP contribution in [0.4, 0.5) is 5.69 Å². The van der Waals surface area contributed by atoms with E-state index in [1.807, 2.05) is 58.2 Å². The highest BCUT2D eigenvalue weighted by Gasteiger charge is 2.08. The van der Waals surface area contributed by atoms with Gasteiger partial charge in [-0.15, -0.1) is 4.91 Å². The fourth-order valence-electron chi connectivity index (χ4n) is 3.69. The van der Waals surface area contributed by atoms with Crippen LogP contribution in [0.25, 0.3) is 0 Å². The molecule has 2 N–H and O–H groups in total. The Morgan fingerprint density at radius 1 is 0.821 bits per heavy atom. The van der Waals surface area contributed by atoms with Crippen LogP contribution < -0.4 is 5.73 Å². The van der Waals surface area contributed by atoms with E-state index in [9.17, 15) is 4.91 Å². The summed E-state index contributed by atoms with van der Waals surface area (Å²) in [7, 11) is 0. The molecule has 0 fully saturated rings. The molecular formula is C29H37N9O. The van der Waals surface area contributed by atoms with Crippen molar-refractivity contribution in [2.75, 3.05) is 51.5 Å². The number of pyridine rings is 2. The molecule has 2 aromatic heterocycles. The molecule has 0 bridgehead atoms. The van der Waals surface area contributed by atoms with Crippen LogP contribution in [0.5, 0.6) is 0 Å². The lowest BCUT2D eigenvalue weighted by Gasteiger charge is -2.19. The maximum Gasteiger partial charge on any atom is 0.134 e. The average molecular weight is 528 g/mol. The summed E-state index contributed by atoms with van der Waals surface area (Å²) >= 11 is 0. The number of anilines is 1. The summed E-state index contributed by atoms with van der Waals surface area (Å²) < 4.78 is 0. The van der Waals surface area contributed by atoms with Gasteiger partial charge < -0.3 is 5.73 Å². The lowest BCUT2D eigenvalue weighted by molar-refractivity contribution is 0.298. The Labute approximate surface area is 230 Å². The van der Waals surface area contributed by atoms with Gasteiger partial charge in [-0.05, 0) is 62.7 Å². The first-order valence-electron chi connectivity index (χ1n) is 13.0. The van der Waals surface area contributed by atoms with Crippen molar-refractivity contribution in [3.8, 4) is 0 Å². The van der Waals surface area contributed by atoms with Gasteiger partial charge in [-0.3, -0.25) is 29.9 Å². The van der Waals surface area contributed by atoms with E-state index in [0.29, 0.717) is 55.5 Å². The monoisotopic (exact) mass is 527 g/mol. The minimum absolute atomic E-state index is 0.292. The summed E-state index contributed by atoms with van der Waals surface area (Å²) in [5.41, 5.74) is 13.0. The SMILES string of the molecule is CC1=CC=C(N=O)C(/C=N/CCN(CC/N=C/c2nc(C)ccc2C)CC/N=C/c2nc(C)ccc2N)=NC1. The molecular weight excluding hydrogens is 490 g/mol. The van der Waals surface area contributed by atoms with Gasteiger partial charge in [0.05, 0.1) is 37.6 Å². The van der Waals surface area contributed by atoms with E-state index in [2.05, 4.69) is 46.1 Å². The number of nitrogens with zero attached hydrogens (tertiary/aromatic N) is 8. The molecule has 0 spiro atoms. The second kappa shape index (κ2) is 15.3. The van der Waals surface area contributed by atoms with E-state index in [-0.39, 0.29) is 0 Å². The van der Waals surface area contributed by atoms with E-state index in [0.717, 1.165) is 41.3 Å². The van der Waals surface area contributed by atoms with E-state index < -0.39 is 0 Å². The number of nitrogens with two attached hydrogens (primary N) is 1. The minimum Gasteiger partial charge on any atom is -0.397 e. The molecule has 10 heteroatoms. The molecule has 3 rings (SSSR count). The van der Waals surface area contributed by atoms with Crippen molar-refractivity contribution in [1.82, 2.24) is 14.9 Å². The number of allylic oxidation sites excluding steroid dienone is 3. The smallest absolute Gasteiger partial charge is 0.134 e. The Hall–Kier alpha value is -4.18. The molecule has 0 amide bonds. The molecule has 204 valence electrons. The van der Waals surface area contributed by atoms with Crippen LogP contribution in [0.15, 0.2) is 72.8 Å². The molecule has 39 heavy (non-hydrogen) atoms. The molecule has 0 aromatic carbocycles. The van der Waals surface area contributed by atoms with Gasteiger partial charge in [-0.2, -0.15) is 0 Å². The summed E-state index contributed by atoms with van der Waals surface area (Å²) in [5.74, 6) is 0. The van der Waals surface area contributed by atoms with Gasteiger partial charge in [-0.1, -0.05) is 17.7 Å². The van der Waals surface area contributed by atoms with Crippen LogP contribution in [0, 0.1) is 25.7 Å². The molecule has 0 unspecified atom stereocenters. The first-order valence-corrected chi connectivity index (χ1v) is 13.0. The largest absolute Gasteiger partial charge is 0.397 e. The van der Waals surface area contributed by atoms with Crippen molar-refractivity contribution in [3.05, 3.63) is 80.9 Å². The predicted molar refractivity (Wildman–Crippen MR) is 162 cm³/mol. The Morgan fingerprint density at radius 3 is 2.08 bits per heavy atom. The highest BCUT2D eigenvalue weighted by atomic mass is 16.3. The van der Waals surface area contributed by atoms with Crippen LogP contribution in [0.3, 0.4) is 0 Å². The maximum absolute atomic E-state index is 11.2. The van der Waals surface area contributed by atoms with Crippen LogP contribution in [0.2, 0.25) is 0 Å². The Balaban J connectivity index is 1.60. The van der Waals surface area contributed by atoms with Gasteiger partial charge in [-0.25, -0.2) is 4.98 Å². The zero-order valence-electron chi connectivity index (χ0n) is 23.2. The number of aromatic nitrogens is 2. The zero-order chi connectivity index (χ0) is 28.0. The third-order valence-corrected chi connectivity index (χ3v) is 6.03. The molecule has 3 heterocycles. The van der Waals surface area contributed by atoms with Crippen molar-refractivity contribution < 1.29 is 0 Å². The molecule has 1 aliphatic heterocycles. The number of aliphatic imine (C=N–C) groups is 4. The fraction of sp³-hybridized carbons (Fsp3) is 0.379. The van der Waals surface area contributed by atoms with Crippen molar-refractivity contribution in [2.45, 2.75) is 27.7 Å². The Bertz CT molecular complexity index is 1260. The number of nitroso groups, excluding NO2 is 1. The van der Waals surface area contributed by atoms with Gasteiger partial charge in [0, 0.05) is 49.7 Å². The summed E-state index contributed by atoms with van der Waals surface area (Å²) in [6.45, 7) is 12.3. The summed E-state index contributed by atoms with van der Waals surface area (Å²) in [5, 5.41) is 3.09. The highest BCUT2D eigenvalue weighted by molar-refractivity contribution is 6.38. The molecule has 0 saturated carbocycles. The Kier molecular flexibility index (Phi) is 11.5. The number of hydrogen-bond acceptors (Lipinski definition) is 10. The van der Waals surface area contributed by atoms with Crippen LogP contribution in [-0.2, 0) is 0 Å². The third kappa shape index (κ3) is 9.90. The van der Waals surface area contributed by atoms with Crippen LogP contribution >= 0.6 is 0 Å². The molecule has 0 radical (unpaired) electrons. The lowest BCUT2D eigenvalue weighted by atomic mass is 10.2. The van der Waals surface area contributed by atoms with E-state index >= 15 is 0 Å². The molecule has 0 aliphatic carbocycles. The van der Waals surface area contributed by atoms with Gasteiger partial charge in [0.1, 0.15) is 17.1 Å². The van der Waals surface area contributed by atoms with Crippen molar-refractivity contribution in [3.63, 3.8) is 0 Å². The number of rotatable bonds is 13.